The lowest BCUT2D eigenvalue weighted by Crippen LogP contribution is -2.27. The van der Waals surface area contributed by atoms with Gasteiger partial charge in [-0.2, -0.15) is 13.2 Å². The van der Waals surface area contributed by atoms with Gasteiger partial charge in [0.1, 0.15) is 0 Å². The van der Waals surface area contributed by atoms with E-state index in [1.54, 1.807) is 6.92 Å². The molecule has 1 aromatic rings. The van der Waals surface area contributed by atoms with Crippen molar-refractivity contribution in [3.05, 3.63) is 18.0 Å². The van der Waals surface area contributed by atoms with Crippen molar-refractivity contribution >= 4 is 10.0 Å². The summed E-state index contributed by atoms with van der Waals surface area (Å²) in [5, 5.41) is 9.03. The van der Waals surface area contributed by atoms with Gasteiger partial charge in [0.05, 0.1) is 17.9 Å². The molecule has 0 amide bonds. The molecule has 5 nitrogen and oxygen atoms in total. The summed E-state index contributed by atoms with van der Waals surface area (Å²) in [7, 11) is -3.99. The van der Waals surface area contributed by atoms with Crippen molar-refractivity contribution in [3.8, 4) is 0 Å². The molecule has 0 aliphatic carbocycles. The Morgan fingerprint density at radius 3 is 2.47 bits per heavy atom. The Hall–Kier alpha value is -1.06. The van der Waals surface area contributed by atoms with Crippen LogP contribution in [0.3, 0.4) is 0 Å². The average Bonchev–Trinajstić information content (AvgIpc) is 2.70. The van der Waals surface area contributed by atoms with Crippen molar-refractivity contribution in [1.29, 1.82) is 0 Å². The van der Waals surface area contributed by atoms with Crippen LogP contribution in [0.25, 0.3) is 0 Å². The predicted octanol–water partition coefficient (Wildman–Crippen LogP) is 1.23. The standard InChI is InChI=1S/C10H15F3N2O3S/c1-2-15-6-9(5-8(15)7-16)19(17,18)14-4-3-10(11,12)13/h5-6,14,16H,2-4,7H2,1H3. The number of hydrogen-bond donors (Lipinski definition) is 2. The molecule has 0 atom stereocenters. The van der Waals surface area contributed by atoms with E-state index >= 15 is 0 Å². The molecular weight excluding hydrogens is 285 g/mol. The molecule has 0 radical (unpaired) electrons. The second kappa shape index (κ2) is 5.93. The average molecular weight is 300 g/mol. The molecule has 0 bridgehead atoms. The number of nitrogens with one attached hydrogen (secondary N) is 1. The maximum Gasteiger partial charge on any atom is 0.390 e. The Kier molecular flexibility index (Phi) is 4.99. The number of aryl methyl sites for hydroxylation is 1. The van der Waals surface area contributed by atoms with Gasteiger partial charge in [-0.25, -0.2) is 13.1 Å². The highest BCUT2D eigenvalue weighted by Crippen LogP contribution is 2.19. The van der Waals surface area contributed by atoms with Crippen molar-refractivity contribution in [2.45, 2.75) is 37.6 Å². The van der Waals surface area contributed by atoms with Crippen molar-refractivity contribution in [2.24, 2.45) is 0 Å². The van der Waals surface area contributed by atoms with Gasteiger partial charge in [0.2, 0.25) is 10.0 Å². The molecule has 0 aromatic carbocycles. The van der Waals surface area contributed by atoms with E-state index in [1.807, 2.05) is 4.72 Å². The summed E-state index contributed by atoms with van der Waals surface area (Å²) in [6, 6.07) is 1.24. The Balaban J connectivity index is 2.80. The van der Waals surface area contributed by atoms with Crippen LogP contribution in [0.5, 0.6) is 0 Å². The van der Waals surface area contributed by atoms with E-state index in [4.69, 9.17) is 5.11 Å². The second-order valence-corrected chi connectivity index (χ2v) is 5.64. The summed E-state index contributed by atoms with van der Waals surface area (Å²) in [5.74, 6) is 0. The highest BCUT2D eigenvalue weighted by Gasteiger charge is 2.28. The third-order valence-electron chi connectivity index (χ3n) is 2.47. The highest BCUT2D eigenvalue weighted by molar-refractivity contribution is 7.89. The number of nitrogens with zero attached hydrogens (tertiary/aromatic N) is 1. The normalized spacial score (nSPS) is 12.9. The molecule has 0 aliphatic heterocycles. The van der Waals surface area contributed by atoms with Crippen LogP contribution in [0.15, 0.2) is 17.2 Å². The van der Waals surface area contributed by atoms with Crippen LogP contribution in [-0.2, 0) is 23.2 Å². The minimum absolute atomic E-state index is 0.152. The molecule has 110 valence electrons. The zero-order valence-electron chi connectivity index (χ0n) is 10.2. The van der Waals surface area contributed by atoms with E-state index in [0.717, 1.165) is 0 Å². The summed E-state index contributed by atoms with van der Waals surface area (Å²) >= 11 is 0. The van der Waals surface area contributed by atoms with Crippen LogP contribution in [0.4, 0.5) is 13.2 Å². The van der Waals surface area contributed by atoms with Gasteiger partial charge in [-0.05, 0) is 13.0 Å². The molecule has 1 heterocycles. The molecule has 0 saturated carbocycles. The van der Waals surface area contributed by atoms with Gasteiger partial charge < -0.3 is 9.67 Å². The predicted molar refractivity (Wildman–Crippen MR) is 61.9 cm³/mol. The summed E-state index contributed by atoms with van der Waals surface area (Å²) in [4.78, 5) is -0.152. The van der Waals surface area contributed by atoms with E-state index in [1.165, 1.54) is 16.8 Å². The van der Waals surface area contributed by atoms with Crippen molar-refractivity contribution in [3.63, 3.8) is 0 Å². The van der Waals surface area contributed by atoms with Gasteiger partial charge in [0.15, 0.2) is 0 Å². The number of halogens is 3. The van der Waals surface area contributed by atoms with Gasteiger partial charge in [0, 0.05) is 25.0 Å². The fraction of sp³-hybridized carbons (Fsp3) is 0.600. The van der Waals surface area contributed by atoms with Gasteiger partial charge in [0.25, 0.3) is 0 Å². The number of sulfonamides is 1. The minimum atomic E-state index is -4.41. The quantitative estimate of drug-likeness (QED) is 0.830. The van der Waals surface area contributed by atoms with Gasteiger partial charge in [-0.1, -0.05) is 0 Å². The SMILES string of the molecule is CCn1cc(S(=O)(=O)NCCC(F)(F)F)cc1CO. The molecule has 0 unspecified atom stereocenters. The first-order valence-corrected chi connectivity index (χ1v) is 7.04. The summed E-state index contributed by atoms with van der Waals surface area (Å²) in [6.45, 7) is 1.16. The molecule has 0 aliphatic rings. The van der Waals surface area contributed by atoms with Crippen molar-refractivity contribution < 1.29 is 26.7 Å². The number of aromatic nitrogens is 1. The number of aliphatic hydroxyl groups is 1. The van der Waals surface area contributed by atoms with Crippen LogP contribution in [0, 0.1) is 0 Å². The lowest BCUT2D eigenvalue weighted by atomic mass is 10.4. The Morgan fingerprint density at radius 2 is 2.05 bits per heavy atom. The largest absolute Gasteiger partial charge is 0.390 e. The van der Waals surface area contributed by atoms with Crippen LogP contribution in [0.1, 0.15) is 19.0 Å². The lowest BCUT2D eigenvalue weighted by Gasteiger charge is -2.07. The molecule has 0 spiro atoms. The lowest BCUT2D eigenvalue weighted by molar-refractivity contribution is -0.132. The minimum Gasteiger partial charge on any atom is -0.390 e. The van der Waals surface area contributed by atoms with Gasteiger partial charge in [-0.3, -0.25) is 0 Å². The fourth-order valence-electron chi connectivity index (χ4n) is 1.51. The van der Waals surface area contributed by atoms with E-state index in [2.05, 4.69) is 0 Å². The first-order valence-electron chi connectivity index (χ1n) is 5.56. The molecule has 19 heavy (non-hydrogen) atoms. The van der Waals surface area contributed by atoms with Gasteiger partial charge >= 0.3 is 6.18 Å². The topological polar surface area (TPSA) is 71.3 Å². The number of hydrogen-bond acceptors (Lipinski definition) is 3. The zero-order chi connectivity index (χ0) is 14.7. The van der Waals surface area contributed by atoms with Crippen LogP contribution < -0.4 is 4.72 Å². The van der Waals surface area contributed by atoms with Crippen LogP contribution >= 0.6 is 0 Å². The monoisotopic (exact) mass is 300 g/mol. The molecular formula is C10H15F3N2O3S. The smallest absolute Gasteiger partial charge is 0.390 e. The van der Waals surface area contributed by atoms with Gasteiger partial charge in [-0.15, -0.1) is 0 Å². The Morgan fingerprint density at radius 1 is 1.42 bits per heavy atom. The van der Waals surface area contributed by atoms with E-state index in [0.29, 0.717) is 12.2 Å². The van der Waals surface area contributed by atoms with E-state index in [-0.39, 0.29) is 11.5 Å². The Bertz CT molecular complexity index is 501. The molecule has 0 fully saturated rings. The molecule has 2 N–H and O–H groups in total. The first-order chi connectivity index (χ1) is 8.69. The summed E-state index contributed by atoms with van der Waals surface area (Å²) in [6.07, 6.45) is -4.36. The second-order valence-electron chi connectivity index (χ2n) is 3.87. The zero-order valence-corrected chi connectivity index (χ0v) is 11.1. The number of alkyl halides is 3. The van der Waals surface area contributed by atoms with Crippen molar-refractivity contribution in [1.82, 2.24) is 9.29 Å². The number of rotatable bonds is 6. The third kappa shape index (κ3) is 4.51. The Labute approximate surface area is 109 Å². The molecule has 1 aromatic heterocycles. The summed E-state index contributed by atoms with van der Waals surface area (Å²) in [5.41, 5.74) is 0.388. The maximum absolute atomic E-state index is 11.9. The molecule has 9 heteroatoms. The van der Waals surface area contributed by atoms with Crippen LogP contribution in [0.2, 0.25) is 0 Å². The van der Waals surface area contributed by atoms with E-state index < -0.39 is 29.2 Å². The van der Waals surface area contributed by atoms with Crippen molar-refractivity contribution in [2.75, 3.05) is 6.54 Å². The van der Waals surface area contributed by atoms with E-state index in [9.17, 15) is 21.6 Å². The number of aliphatic hydroxyl groups excluding tert-OH is 1. The van der Waals surface area contributed by atoms with Crippen LogP contribution in [-0.4, -0.2) is 30.8 Å². The fourth-order valence-corrected chi connectivity index (χ4v) is 2.60. The maximum atomic E-state index is 11.9. The first kappa shape index (κ1) is 16.0. The highest BCUT2D eigenvalue weighted by atomic mass is 32.2. The third-order valence-corrected chi connectivity index (χ3v) is 3.90. The summed E-state index contributed by atoms with van der Waals surface area (Å²) < 4.78 is 62.7. The molecule has 0 saturated heterocycles. The molecule has 1 rings (SSSR count).